The molecule has 0 saturated carbocycles. The van der Waals surface area contributed by atoms with E-state index in [9.17, 15) is 0 Å². The highest BCUT2D eigenvalue weighted by Crippen LogP contribution is 2.44. The van der Waals surface area contributed by atoms with Gasteiger partial charge in [-0.1, -0.05) is 127 Å². The molecule has 0 saturated heterocycles. The number of aromatic nitrogens is 4. The van der Waals surface area contributed by atoms with E-state index in [1.807, 2.05) is 72.8 Å². The summed E-state index contributed by atoms with van der Waals surface area (Å²) in [6.45, 7) is 0. The quantitative estimate of drug-likeness (QED) is 0.180. The van der Waals surface area contributed by atoms with Gasteiger partial charge in [-0.05, 0) is 70.9 Å². The summed E-state index contributed by atoms with van der Waals surface area (Å²) in [5.74, 6) is 1.92. The summed E-state index contributed by atoms with van der Waals surface area (Å²) in [5, 5.41) is 7.04. The standard InChI is InChI=1S/C49H30N4O/c1-3-13-31(14-4-1)47-50-48(32-15-5-2-6-16-32)52-49(51-47)33-23-26-36(27-24-33)53-42-21-11-9-19-38(42)41-29-34-17-7-8-18-37(34)45(46(41)53)35-25-28-44-40(30-35)39-20-10-12-22-43(39)54-44/h1-30H. The van der Waals surface area contributed by atoms with Crippen molar-refractivity contribution >= 4 is 54.5 Å². The Morgan fingerprint density at radius 1 is 0.370 bits per heavy atom. The molecule has 0 unspecified atom stereocenters. The molecule has 3 aromatic heterocycles. The van der Waals surface area contributed by atoms with Gasteiger partial charge in [-0.25, -0.2) is 15.0 Å². The maximum atomic E-state index is 6.25. The molecule has 5 nitrogen and oxygen atoms in total. The van der Waals surface area contributed by atoms with Crippen molar-refractivity contribution in [3.63, 3.8) is 0 Å². The van der Waals surface area contributed by atoms with Crippen LogP contribution in [0.4, 0.5) is 0 Å². The number of nitrogens with zero attached hydrogens (tertiary/aromatic N) is 4. The third-order valence-corrected chi connectivity index (χ3v) is 10.4. The van der Waals surface area contributed by atoms with Gasteiger partial charge in [-0.15, -0.1) is 0 Å². The summed E-state index contributed by atoms with van der Waals surface area (Å²) in [7, 11) is 0. The van der Waals surface area contributed by atoms with E-state index in [-0.39, 0.29) is 0 Å². The first-order valence-electron chi connectivity index (χ1n) is 18.1. The van der Waals surface area contributed by atoms with Gasteiger partial charge >= 0.3 is 0 Å². The highest BCUT2D eigenvalue weighted by Gasteiger charge is 2.21. The lowest BCUT2D eigenvalue weighted by molar-refractivity contribution is 0.669. The first-order chi connectivity index (χ1) is 26.8. The lowest BCUT2D eigenvalue weighted by Crippen LogP contribution is -2.00. The first-order valence-corrected chi connectivity index (χ1v) is 18.1. The summed E-state index contributed by atoms with van der Waals surface area (Å²) < 4.78 is 8.66. The molecule has 0 N–H and O–H groups in total. The van der Waals surface area contributed by atoms with Crippen LogP contribution in [0.5, 0.6) is 0 Å². The van der Waals surface area contributed by atoms with Crippen LogP contribution in [-0.2, 0) is 0 Å². The second kappa shape index (κ2) is 12.1. The minimum absolute atomic E-state index is 0.629. The predicted octanol–water partition coefficient (Wildman–Crippen LogP) is 12.7. The molecule has 3 heterocycles. The van der Waals surface area contributed by atoms with Gasteiger partial charge < -0.3 is 8.98 Å². The highest BCUT2D eigenvalue weighted by molar-refractivity contribution is 6.22. The van der Waals surface area contributed by atoms with Crippen LogP contribution in [0, 0.1) is 0 Å². The van der Waals surface area contributed by atoms with E-state index in [2.05, 4.69) is 114 Å². The monoisotopic (exact) mass is 690 g/mol. The molecule has 54 heavy (non-hydrogen) atoms. The molecule has 0 spiro atoms. The zero-order valence-electron chi connectivity index (χ0n) is 29.0. The van der Waals surface area contributed by atoms with Crippen molar-refractivity contribution in [2.75, 3.05) is 0 Å². The van der Waals surface area contributed by atoms with Crippen LogP contribution >= 0.6 is 0 Å². The van der Waals surface area contributed by atoms with Crippen LogP contribution in [0.25, 0.3) is 105 Å². The van der Waals surface area contributed by atoms with Crippen molar-refractivity contribution < 1.29 is 4.42 Å². The summed E-state index contributed by atoms with van der Waals surface area (Å²) in [6.07, 6.45) is 0. The predicted molar refractivity (Wildman–Crippen MR) is 221 cm³/mol. The number of benzene rings is 8. The summed E-state index contributed by atoms with van der Waals surface area (Å²) in [4.78, 5) is 14.9. The molecular weight excluding hydrogens is 661 g/mol. The Bertz CT molecular complexity index is 3140. The van der Waals surface area contributed by atoms with Crippen molar-refractivity contribution in [3.8, 4) is 51.0 Å². The summed E-state index contributed by atoms with van der Waals surface area (Å²) >= 11 is 0. The Morgan fingerprint density at radius 2 is 0.907 bits per heavy atom. The van der Waals surface area contributed by atoms with Crippen LogP contribution < -0.4 is 0 Å². The number of furan rings is 1. The Labute approximate surface area is 310 Å². The van der Waals surface area contributed by atoms with Crippen LogP contribution in [0.3, 0.4) is 0 Å². The molecule has 0 fully saturated rings. The van der Waals surface area contributed by atoms with Crippen LogP contribution in [0.1, 0.15) is 0 Å². The van der Waals surface area contributed by atoms with Gasteiger partial charge in [0.25, 0.3) is 0 Å². The number of hydrogen-bond acceptors (Lipinski definition) is 4. The molecule has 0 aliphatic rings. The molecule has 0 atom stereocenters. The van der Waals surface area contributed by atoms with Gasteiger partial charge in [0, 0.05) is 49.5 Å². The van der Waals surface area contributed by atoms with E-state index < -0.39 is 0 Å². The molecule has 0 radical (unpaired) electrons. The minimum atomic E-state index is 0.629. The van der Waals surface area contributed by atoms with Crippen molar-refractivity contribution in [3.05, 3.63) is 182 Å². The molecule has 0 aliphatic carbocycles. The van der Waals surface area contributed by atoms with Gasteiger partial charge in [-0.3, -0.25) is 0 Å². The zero-order chi connectivity index (χ0) is 35.6. The second-order valence-electron chi connectivity index (χ2n) is 13.6. The molecular formula is C49H30N4O. The number of rotatable bonds is 5. The normalized spacial score (nSPS) is 11.7. The van der Waals surface area contributed by atoms with Crippen LogP contribution in [-0.4, -0.2) is 19.5 Å². The fourth-order valence-corrected chi connectivity index (χ4v) is 7.93. The fraction of sp³-hybridized carbons (Fsp3) is 0. The molecule has 11 rings (SSSR count). The molecule has 8 aromatic carbocycles. The van der Waals surface area contributed by atoms with E-state index in [4.69, 9.17) is 19.4 Å². The highest BCUT2D eigenvalue weighted by atomic mass is 16.3. The van der Waals surface area contributed by atoms with Crippen molar-refractivity contribution in [2.45, 2.75) is 0 Å². The third-order valence-electron chi connectivity index (χ3n) is 10.4. The molecule has 0 bridgehead atoms. The topological polar surface area (TPSA) is 56.7 Å². The van der Waals surface area contributed by atoms with E-state index >= 15 is 0 Å². The smallest absolute Gasteiger partial charge is 0.164 e. The van der Waals surface area contributed by atoms with Gasteiger partial charge in [0.2, 0.25) is 0 Å². The van der Waals surface area contributed by atoms with Crippen molar-refractivity contribution in [1.82, 2.24) is 19.5 Å². The largest absolute Gasteiger partial charge is 0.456 e. The average molecular weight is 691 g/mol. The summed E-state index contributed by atoms with van der Waals surface area (Å²) in [6, 6.07) is 63.4. The third kappa shape index (κ3) is 4.83. The lowest BCUT2D eigenvalue weighted by atomic mass is 9.94. The van der Waals surface area contributed by atoms with Crippen LogP contribution in [0.2, 0.25) is 0 Å². The first kappa shape index (κ1) is 30.3. The van der Waals surface area contributed by atoms with Crippen LogP contribution in [0.15, 0.2) is 186 Å². The van der Waals surface area contributed by atoms with Gasteiger partial charge in [0.15, 0.2) is 17.5 Å². The molecule has 5 heteroatoms. The average Bonchev–Trinajstić information content (AvgIpc) is 3.78. The van der Waals surface area contributed by atoms with E-state index in [1.54, 1.807) is 0 Å². The van der Waals surface area contributed by atoms with Gasteiger partial charge in [0.05, 0.1) is 11.0 Å². The number of fused-ring (bicyclic) bond motifs is 7. The zero-order valence-corrected chi connectivity index (χ0v) is 29.0. The Morgan fingerprint density at radius 3 is 1.61 bits per heavy atom. The molecule has 11 aromatic rings. The fourth-order valence-electron chi connectivity index (χ4n) is 7.93. The molecule has 252 valence electrons. The molecule has 0 amide bonds. The van der Waals surface area contributed by atoms with Gasteiger partial charge in [-0.2, -0.15) is 0 Å². The minimum Gasteiger partial charge on any atom is -0.456 e. The molecule has 0 aliphatic heterocycles. The van der Waals surface area contributed by atoms with E-state index in [1.165, 1.54) is 27.1 Å². The van der Waals surface area contributed by atoms with Crippen molar-refractivity contribution in [1.29, 1.82) is 0 Å². The Hall–Kier alpha value is -7.37. The van der Waals surface area contributed by atoms with Gasteiger partial charge in [0.1, 0.15) is 11.2 Å². The lowest BCUT2D eigenvalue weighted by Gasteiger charge is -2.15. The summed E-state index contributed by atoms with van der Waals surface area (Å²) in [5.41, 5.74) is 10.3. The van der Waals surface area contributed by atoms with E-state index in [0.717, 1.165) is 60.9 Å². The second-order valence-corrected chi connectivity index (χ2v) is 13.6. The van der Waals surface area contributed by atoms with Crippen molar-refractivity contribution in [2.24, 2.45) is 0 Å². The SMILES string of the molecule is c1ccc(-c2nc(-c3ccccc3)nc(-c3ccc(-n4c5ccccc5c5cc6ccccc6c(-c6ccc7oc8ccccc8c7c6)c54)cc3)n2)cc1. The maximum Gasteiger partial charge on any atom is 0.164 e. The maximum absolute atomic E-state index is 6.25. The van der Waals surface area contributed by atoms with E-state index in [0.29, 0.717) is 17.5 Å². The number of hydrogen-bond donors (Lipinski definition) is 0. The Kier molecular flexibility index (Phi) is 6.79. The number of para-hydroxylation sites is 2. The Balaban J connectivity index is 1.14.